The molecule has 1 N–H and O–H groups in total. The fourth-order valence-corrected chi connectivity index (χ4v) is 3.62. The van der Waals surface area contributed by atoms with Crippen molar-refractivity contribution >= 4 is 17.2 Å². The minimum atomic E-state index is -0.203. The number of aromatic nitrogens is 3. The summed E-state index contributed by atoms with van der Waals surface area (Å²) in [4.78, 5) is 16.9. The number of carbonyl (C=O) groups excluding carboxylic acids is 1. The molecule has 0 aliphatic carbocycles. The van der Waals surface area contributed by atoms with Crippen LogP contribution in [0.3, 0.4) is 0 Å². The van der Waals surface area contributed by atoms with Gasteiger partial charge in [-0.3, -0.25) is 4.79 Å². The van der Waals surface area contributed by atoms with Gasteiger partial charge in [0.15, 0.2) is 0 Å². The van der Waals surface area contributed by atoms with E-state index in [4.69, 9.17) is 4.74 Å². The number of nitrogens with zero attached hydrogens (tertiary/aromatic N) is 3. The number of thiazole rings is 1. The Bertz CT molecular complexity index is 1090. The summed E-state index contributed by atoms with van der Waals surface area (Å²) in [6.45, 7) is 2.97. The predicted molar refractivity (Wildman–Crippen MR) is 113 cm³/mol. The van der Waals surface area contributed by atoms with Gasteiger partial charge in [0.1, 0.15) is 16.5 Å². The highest BCUT2D eigenvalue weighted by Crippen LogP contribution is 2.25. The average molecular weight is 404 g/mol. The molecule has 0 aliphatic heterocycles. The van der Waals surface area contributed by atoms with Gasteiger partial charge in [-0.15, -0.1) is 11.3 Å². The second kappa shape index (κ2) is 8.70. The lowest BCUT2D eigenvalue weighted by molar-refractivity contribution is 0.0946. The van der Waals surface area contributed by atoms with E-state index in [-0.39, 0.29) is 5.91 Å². The molecular weight excluding hydrogens is 384 g/mol. The van der Waals surface area contributed by atoms with Crippen molar-refractivity contribution in [3.05, 3.63) is 83.6 Å². The molecular formula is C22H20N4O2S. The van der Waals surface area contributed by atoms with Gasteiger partial charge in [-0.2, -0.15) is 5.10 Å². The highest BCUT2D eigenvalue weighted by Gasteiger charge is 2.12. The fraction of sp³-hybridized carbons (Fsp3) is 0.136. The summed E-state index contributed by atoms with van der Waals surface area (Å²) in [5.41, 5.74) is 3.27. The lowest BCUT2D eigenvalue weighted by Crippen LogP contribution is -2.22. The van der Waals surface area contributed by atoms with Crippen LogP contribution in [0.25, 0.3) is 16.3 Å². The topological polar surface area (TPSA) is 69.0 Å². The zero-order chi connectivity index (χ0) is 20.1. The van der Waals surface area contributed by atoms with Gasteiger partial charge in [0.2, 0.25) is 0 Å². The first-order valence-corrected chi connectivity index (χ1v) is 10.2. The highest BCUT2D eigenvalue weighted by molar-refractivity contribution is 7.13. The predicted octanol–water partition coefficient (Wildman–Crippen LogP) is 4.32. The number of benzene rings is 2. The number of rotatable bonds is 7. The number of hydrogen-bond acceptors (Lipinski definition) is 5. The molecule has 0 radical (unpaired) electrons. The summed E-state index contributed by atoms with van der Waals surface area (Å²) in [6, 6.07) is 17.6. The largest absolute Gasteiger partial charge is 0.494 e. The summed E-state index contributed by atoms with van der Waals surface area (Å²) in [7, 11) is 0. The van der Waals surface area contributed by atoms with E-state index >= 15 is 0 Å². The van der Waals surface area contributed by atoms with Crippen molar-refractivity contribution in [1.82, 2.24) is 20.1 Å². The Kier molecular flexibility index (Phi) is 5.67. The molecule has 0 bridgehead atoms. The number of amides is 1. The Balaban J connectivity index is 1.38. The van der Waals surface area contributed by atoms with E-state index in [1.807, 2.05) is 67.7 Å². The van der Waals surface area contributed by atoms with Crippen molar-refractivity contribution < 1.29 is 9.53 Å². The van der Waals surface area contributed by atoms with E-state index in [0.29, 0.717) is 18.8 Å². The summed E-state index contributed by atoms with van der Waals surface area (Å²) in [5.74, 6) is 0.618. The summed E-state index contributed by atoms with van der Waals surface area (Å²) >= 11 is 1.44. The summed E-state index contributed by atoms with van der Waals surface area (Å²) < 4.78 is 7.24. The molecule has 4 rings (SSSR count). The Hall–Kier alpha value is -3.45. The first-order valence-electron chi connectivity index (χ1n) is 9.29. The number of hydrogen-bond donors (Lipinski definition) is 1. The van der Waals surface area contributed by atoms with E-state index in [0.717, 1.165) is 27.6 Å². The third-order valence-corrected chi connectivity index (χ3v) is 5.15. The van der Waals surface area contributed by atoms with Gasteiger partial charge in [0.05, 0.1) is 18.5 Å². The molecule has 146 valence electrons. The molecule has 0 unspecified atom stereocenters. The number of para-hydroxylation sites is 1. The fourth-order valence-electron chi connectivity index (χ4n) is 2.82. The van der Waals surface area contributed by atoms with E-state index in [2.05, 4.69) is 15.4 Å². The molecule has 6 nitrogen and oxygen atoms in total. The third-order valence-electron chi connectivity index (χ3n) is 4.26. The van der Waals surface area contributed by atoms with Gasteiger partial charge in [0, 0.05) is 29.2 Å². The average Bonchev–Trinajstić information content (AvgIpc) is 3.44. The maximum absolute atomic E-state index is 12.5. The monoisotopic (exact) mass is 404 g/mol. The highest BCUT2D eigenvalue weighted by atomic mass is 32.1. The van der Waals surface area contributed by atoms with E-state index in [1.54, 1.807) is 16.3 Å². The van der Waals surface area contributed by atoms with Gasteiger partial charge in [-0.25, -0.2) is 9.67 Å². The van der Waals surface area contributed by atoms with Crippen molar-refractivity contribution in [3.8, 4) is 22.0 Å². The van der Waals surface area contributed by atoms with Crippen LogP contribution in [-0.4, -0.2) is 27.3 Å². The standard InChI is InChI=1S/C22H20N4O2S/c1-2-28-19-10-8-17(9-11-19)22-25-20(15-29-22)21(27)23-12-16-13-24-26(14-16)18-6-4-3-5-7-18/h3-11,13-15H,2,12H2,1H3,(H,23,27). The van der Waals surface area contributed by atoms with Gasteiger partial charge in [0.25, 0.3) is 5.91 Å². The van der Waals surface area contributed by atoms with Gasteiger partial charge < -0.3 is 10.1 Å². The second-order valence-electron chi connectivity index (χ2n) is 6.31. The Morgan fingerprint density at radius 2 is 1.93 bits per heavy atom. The van der Waals surface area contributed by atoms with Gasteiger partial charge in [-0.05, 0) is 43.3 Å². The van der Waals surface area contributed by atoms with Crippen LogP contribution in [-0.2, 0) is 6.54 Å². The molecule has 2 aromatic carbocycles. The maximum Gasteiger partial charge on any atom is 0.271 e. The Morgan fingerprint density at radius 3 is 2.69 bits per heavy atom. The van der Waals surface area contributed by atoms with Crippen LogP contribution in [0.4, 0.5) is 0 Å². The molecule has 0 saturated heterocycles. The minimum absolute atomic E-state index is 0.203. The number of carbonyl (C=O) groups is 1. The molecule has 1 amide bonds. The normalized spacial score (nSPS) is 10.7. The zero-order valence-corrected chi connectivity index (χ0v) is 16.7. The van der Waals surface area contributed by atoms with Crippen molar-refractivity contribution in [3.63, 3.8) is 0 Å². The molecule has 0 fully saturated rings. The molecule has 0 atom stereocenters. The quantitative estimate of drug-likeness (QED) is 0.498. The van der Waals surface area contributed by atoms with E-state index < -0.39 is 0 Å². The van der Waals surface area contributed by atoms with E-state index in [1.165, 1.54) is 11.3 Å². The molecule has 0 spiro atoms. The Labute approximate surface area is 172 Å². The van der Waals surface area contributed by atoms with Crippen molar-refractivity contribution in [2.45, 2.75) is 13.5 Å². The first-order chi connectivity index (χ1) is 14.2. The molecule has 4 aromatic rings. The number of ether oxygens (including phenoxy) is 1. The lowest BCUT2D eigenvalue weighted by Gasteiger charge is -2.03. The smallest absolute Gasteiger partial charge is 0.271 e. The molecule has 29 heavy (non-hydrogen) atoms. The van der Waals surface area contributed by atoms with Crippen LogP contribution < -0.4 is 10.1 Å². The maximum atomic E-state index is 12.5. The van der Waals surface area contributed by atoms with Crippen LogP contribution in [0.15, 0.2) is 72.4 Å². The SMILES string of the molecule is CCOc1ccc(-c2nc(C(=O)NCc3cnn(-c4ccccc4)c3)cs2)cc1. The van der Waals surface area contributed by atoms with Crippen LogP contribution in [0.5, 0.6) is 5.75 Å². The zero-order valence-electron chi connectivity index (χ0n) is 15.9. The molecule has 0 aliphatic rings. The summed E-state index contributed by atoms with van der Waals surface area (Å²) in [6.07, 6.45) is 3.65. The van der Waals surface area contributed by atoms with Crippen molar-refractivity contribution in [2.24, 2.45) is 0 Å². The van der Waals surface area contributed by atoms with Crippen LogP contribution in [0.2, 0.25) is 0 Å². The van der Waals surface area contributed by atoms with Crippen molar-refractivity contribution in [2.75, 3.05) is 6.61 Å². The van der Waals surface area contributed by atoms with Gasteiger partial charge in [-0.1, -0.05) is 18.2 Å². The van der Waals surface area contributed by atoms with Gasteiger partial charge >= 0.3 is 0 Å². The van der Waals surface area contributed by atoms with Crippen molar-refractivity contribution in [1.29, 1.82) is 0 Å². The van der Waals surface area contributed by atoms with Crippen LogP contribution >= 0.6 is 11.3 Å². The molecule has 2 heterocycles. The third kappa shape index (κ3) is 4.52. The first kappa shape index (κ1) is 18.9. The molecule has 0 saturated carbocycles. The number of nitrogens with one attached hydrogen (secondary N) is 1. The molecule has 7 heteroatoms. The van der Waals surface area contributed by atoms with Crippen LogP contribution in [0.1, 0.15) is 23.0 Å². The van der Waals surface area contributed by atoms with E-state index in [9.17, 15) is 4.79 Å². The lowest BCUT2D eigenvalue weighted by atomic mass is 10.2. The minimum Gasteiger partial charge on any atom is -0.494 e. The summed E-state index contributed by atoms with van der Waals surface area (Å²) in [5, 5.41) is 9.82. The van der Waals surface area contributed by atoms with Crippen LogP contribution in [0, 0.1) is 0 Å². The molecule has 2 aromatic heterocycles. The Morgan fingerprint density at radius 1 is 1.14 bits per heavy atom. The second-order valence-corrected chi connectivity index (χ2v) is 7.16.